The van der Waals surface area contributed by atoms with Crippen molar-refractivity contribution in [3.05, 3.63) is 35.4 Å². The topological polar surface area (TPSA) is 101 Å². The van der Waals surface area contributed by atoms with Crippen LogP contribution in [-0.4, -0.2) is 92.8 Å². The minimum atomic E-state index is -0.993. The molecule has 1 aliphatic heterocycles. The van der Waals surface area contributed by atoms with Crippen LogP contribution in [0.25, 0.3) is 0 Å². The van der Waals surface area contributed by atoms with E-state index in [9.17, 15) is 14.7 Å². The van der Waals surface area contributed by atoms with E-state index in [-0.39, 0.29) is 13.3 Å². The summed E-state index contributed by atoms with van der Waals surface area (Å²) >= 11 is 0. The molecule has 9 nitrogen and oxygen atoms in total. The van der Waals surface area contributed by atoms with Gasteiger partial charge in [0, 0.05) is 38.9 Å². The average molecular weight is 395 g/mol. The molecule has 9 heteroatoms. The van der Waals surface area contributed by atoms with Crippen LogP contribution in [0.15, 0.2) is 24.3 Å². The fourth-order valence-electron chi connectivity index (χ4n) is 2.84. The van der Waals surface area contributed by atoms with E-state index in [1.807, 2.05) is 24.0 Å². The number of nitrogens with one attached hydrogen (secondary N) is 1. The first-order valence-corrected chi connectivity index (χ1v) is 9.28. The Morgan fingerprint density at radius 3 is 2.50 bits per heavy atom. The number of piperazine rings is 1. The first-order chi connectivity index (χ1) is 13.5. The highest BCUT2D eigenvalue weighted by atomic mass is 16.8. The number of carbonyl (C=O) groups excluding carboxylic acids is 1. The number of aryl methyl sites for hydroxylation is 1. The zero-order valence-electron chi connectivity index (χ0n) is 16.4. The minimum absolute atomic E-state index is 0.102. The lowest BCUT2D eigenvalue weighted by Gasteiger charge is -2.34. The maximum Gasteiger partial charge on any atom is 0.322 e. The van der Waals surface area contributed by atoms with Crippen molar-refractivity contribution in [3.63, 3.8) is 0 Å². The number of carboxylic acid groups (broad SMARTS) is 1. The Labute approximate surface area is 165 Å². The summed E-state index contributed by atoms with van der Waals surface area (Å²) in [7, 11) is 1.56. The van der Waals surface area contributed by atoms with Crippen molar-refractivity contribution >= 4 is 11.9 Å². The highest BCUT2D eigenvalue weighted by Gasteiger charge is 2.31. The number of hydroxylamine groups is 2. The van der Waals surface area contributed by atoms with Crippen LogP contribution >= 0.6 is 0 Å². The molecule has 0 aliphatic carbocycles. The zero-order chi connectivity index (χ0) is 20.4. The number of carbonyl (C=O) groups is 2. The molecule has 2 N–H and O–H groups in total. The van der Waals surface area contributed by atoms with Gasteiger partial charge in [-0.05, 0) is 19.1 Å². The average Bonchev–Trinajstić information content (AvgIpc) is 2.70. The van der Waals surface area contributed by atoms with E-state index in [0.29, 0.717) is 45.0 Å². The Morgan fingerprint density at radius 1 is 1.21 bits per heavy atom. The van der Waals surface area contributed by atoms with Gasteiger partial charge in [0.05, 0.1) is 19.8 Å². The van der Waals surface area contributed by atoms with Crippen molar-refractivity contribution in [3.8, 4) is 0 Å². The molecule has 2 rings (SSSR count). The van der Waals surface area contributed by atoms with Crippen LogP contribution < -0.4 is 5.32 Å². The van der Waals surface area contributed by atoms with Crippen molar-refractivity contribution in [2.75, 3.05) is 59.8 Å². The summed E-state index contributed by atoms with van der Waals surface area (Å²) in [6.07, 6.45) is 0. The van der Waals surface area contributed by atoms with Gasteiger partial charge in [0.1, 0.15) is 6.04 Å². The van der Waals surface area contributed by atoms with E-state index in [4.69, 9.17) is 14.3 Å². The number of rotatable bonds is 11. The molecule has 0 unspecified atom stereocenters. The summed E-state index contributed by atoms with van der Waals surface area (Å²) < 4.78 is 10.2. The molecule has 0 aromatic heterocycles. The van der Waals surface area contributed by atoms with Gasteiger partial charge in [0.15, 0.2) is 6.79 Å². The summed E-state index contributed by atoms with van der Waals surface area (Å²) in [5.74, 6) is -1.40. The highest BCUT2D eigenvalue weighted by Crippen LogP contribution is 2.12. The second kappa shape index (κ2) is 11.7. The number of amides is 1. The lowest BCUT2D eigenvalue weighted by Crippen LogP contribution is -2.55. The molecule has 1 heterocycles. The smallest absolute Gasteiger partial charge is 0.322 e. The maximum atomic E-state index is 12.9. The van der Waals surface area contributed by atoms with Crippen LogP contribution in [0, 0.1) is 6.92 Å². The predicted octanol–water partition coefficient (Wildman–Crippen LogP) is 0.348. The summed E-state index contributed by atoms with van der Waals surface area (Å²) in [5.41, 5.74) is 1.45. The Bertz CT molecular complexity index is 619. The number of carboxylic acids is 1. The summed E-state index contributed by atoms with van der Waals surface area (Å²) in [5, 5.41) is 14.0. The van der Waals surface area contributed by atoms with Crippen molar-refractivity contribution in [1.82, 2.24) is 15.3 Å². The van der Waals surface area contributed by atoms with Crippen molar-refractivity contribution in [2.45, 2.75) is 13.0 Å². The van der Waals surface area contributed by atoms with Crippen molar-refractivity contribution in [1.29, 1.82) is 0 Å². The number of nitrogens with zero attached hydrogens (tertiary/aromatic N) is 2. The molecular weight excluding hydrogens is 366 g/mol. The fraction of sp³-hybridized carbons (Fsp3) is 0.579. The molecule has 1 aliphatic rings. The van der Waals surface area contributed by atoms with Gasteiger partial charge >= 0.3 is 5.97 Å². The number of methoxy groups -OCH3 is 1. The third-order valence-electron chi connectivity index (χ3n) is 4.46. The largest absolute Gasteiger partial charge is 0.480 e. The number of hydrogen-bond donors (Lipinski definition) is 2. The fourth-order valence-corrected chi connectivity index (χ4v) is 2.84. The first-order valence-electron chi connectivity index (χ1n) is 9.28. The Morgan fingerprint density at radius 2 is 1.89 bits per heavy atom. The molecule has 0 bridgehead atoms. The molecular formula is C19H29N3O6. The van der Waals surface area contributed by atoms with E-state index in [0.717, 1.165) is 10.6 Å². The van der Waals surface area contributed by atoms with E-state index < -0.39 is 17.9 Å². The Kier molecular flexibility index (Phi) is 9.32. The second-order valence-corrected chi connectivity index (χ2v) is 6.52. The van der Waals surface area contributed by atoms with Gasteiger partial charge in [0.2, 0.25) is 0 Å². The number of ether oxygens (including phenoxy) is 2. The Hall–Kier alpha value is -2.04. The molecule has 1 atom stereocenters. The van der Waals surface area contributed by atoms with Gasteiger partial charge in [-0.2, -0.15) is 0 Å². The van der Waals surface area contributed by atoms with Crippen LogP contribution in [0.2, 0.25) is 0 Å². The number of benzene rings is 1. The molecule has 1 aromatic rings. The number of aliphatic carboxylic acids is 1. The van der Waals surface area contributed by atoms with E-state index in [2.05, 4.69) is 5.32 Å². The number of hydrogen-bond acceptors (Lipinski definition) is 7. The minimum Gasteiger partial charge on any atom is -0.480 e. The summed E-state index contributed by atoms with van der Waals surface area (Å²) in [4.78, 5) is 32.1. The quantitative estimate of drug-likeness (QED) is 0.314. The van der Waals surface area contributed by atoms with Gasteiger partial charge in [-0.25, -0.2) is 9.90 Å². The zero-order valence-corrected chi connectivity index (χ0v) is 16.4. The SMILES string of the molecule is COCCOCON(C[C@@H](C(=O)O)N1CCNCC1)C(=O)c1ccc(C)cc1. The van der Waals surface area contributed by atoms with Crippen LogP contribution in [-0.2, 0) is 19.1 Å². The molecule has 1 saturated heterocycles. The van der Waals surface area contributed by atoms with Crippen molar-refractivity contribution < 1.29 is 29.0 Å². The summed E-state index contributed by atoms with van der Waals surface area (Å²) in [6.45, 7) is 4.95. The highest BCUT2D eigenvalue weighted by molar-refractivity contribution is 5.93. The standard InChI is InChI=1S/C19H29N3O6/c1-15-3-5-16(6-4-15)18(23)22(28-14-27-12-11-26-2)13-17(19(24)25)21-9-7-20-8-10-21/h3-6,17,20H,7-14H2,1-2H3,(H,24,25)/t17-/m0/s1. The van der Waals surface area contributed by atoms with E-state index in [1.54, 1.807) is 19.2 Å². The lowest BCUT2D eigenvalue weighted by atomic mass is 10.1. The van der Waals surface area contributed by atoms with Gasteiger partial charge in [0.25, 0.3) is 5.91 Å². The molecule has 0 spiro atoms. The van der Waals surface area contributed by atoms with Gasteiger partial charge in [-0.15, -0.1) is 0 Å². The van der Waals surface area contributed by atoms with Gasteiger partial charge in [-0.1, -0.05) is 17.7 Å². The normalized spacial score (nSPS) is 15.9. The Balaban J connectivity index is 2.09. The molecule has 0 radical (unpaired) electrons. The third-order valence-corrected chi connectivity index (χ3v) is 4.46. The van der Waals surface area contributed by atoms with Crippen LogP contribution in [0.3, 0.4) is 0 Å². The monoisotopic (exact) mass is 395 g/mol. The van der Waals surface area contributed by atoms with E-state index in [1.165, 1.54) is 0 Å². The van der Waals surface area contributed by atoms with Gasteiger partial charge < -0.3 is 19.9 Å². The first kappa shape index (κ1) is 22.3. The molecule has 1 fully saturated rings. The third kappa shape index (κ3) is 6.84. The lowest BCUT2D eigenvalue weighted by molar-refractivity contribution is -0.205. The van der Waals surface area contributed by atoms with E-state index >= 15 is 0 Å². The maximum absolute atomic E-state index is 12.9. The van der Waals surface area contributed by atoms with Crippen molar-refractivity contribution in [2.24, 2.45) is 0 Å². The van der Waals surface area contributed by atoms with Crippen LogP contribution in [0.1, 0.15) is 15.9 Å². The molecule has 0 saturated carbocycles. The molecule has 1 aromatic carbocycles. The molecule has 1 amide bonds. The second-order valence-electron chi connectivity index (χ2n) is 6.52. The predicted molar refractivity (Wildman–Crippen MR) is 102 cm³/mol. The molecule has 156 valence electrons. The van der Waals surface area contributed by atoms with Crippen LogP contribution in [0.5, 0.6) is 0 Å². The summed E-state index contributed by atoms with van der Waals surface area (Å²) in [6, 6.07) is 6.17. The molecule has 28 heavy (non-hydrogen) atoms. The van der Waals surface area contributed by atoms with Gasteiger partial charge in [-0.3, -0.25) is 14.5 Å². The van der Waals surface area contributed by atoms with Crippen LogP contribution in [0.4, 0.5) is 0 Å².